The predicted octanol–water partition coefficient (Wildman–Crippen LogP) is 2.91. The van der Waals surface area contributed by atoms with E-state index in [0.717, 1.165) is 17.5 Å². The number of hydrogen-bond donors (Lipinski definition) is 2. The monoisotopic (exact) mass is 268 g/mol. The Hall–Kier alpha value is -0.550. The van der Waals surface area contributed by atoms with E-state index >= 15 is 0 Å². The minimum Gasteiger partial charge on any atom is -0.313 e. The lowest BCUT2D eigenvalue weighted by molar-refractivity contribution is 0.469. The fourth-order valence-electron chi connectivity index (χ4n) is 2.49. The van der Waals surface area contributed by atoms with E-state index in [9.17, 15) is 0 Å². The highest BCUT2D eigenvalue weighted by molar-refractivity contribution is 7.99. The highest BCUT2D eigenvalue weighted by Crippen LogP contribution is 2.31. The molecule has 4 nitrogen and oxygen atoms in total. The van der Waals surface area contributed by atoms with Crippen LogP contribution in [0.25, 0.3) is 0 Å². The number of thioether (sulfide) groups is 1. The molecule has 1 aromatic rings. The molecule has 1 aromatic heterocycles. The van der Waals surface area contributed by atoms with E-state index in [4.69, 9.17) is 0 Å². The summed E-state index contributed by atoms with van der Waals surface area (Å²) in [5, 5.41) is 12.4. The van der Waals surface area contributed by atoms with Gasteiger partial charge in [-0.3, -0.25) is 5.10 Å². The lowest BCUT2D eigenvalue weighted by Crippen LogP contribution is -2.37. The largest absolute Gasteiger partial charge is 0.313 e. The molecule has 0 spiro atoms. The van der Waals surface area contributed by atoms with Crippen LogP contribution in [0.4, 0.5) is 0 Å². The summed E-state index contributed by atoms with van der Waals surface area (Å²) in [7, 11) is 0. The van der Waals surface area contributed by atoms with E-state index in [-0.39, 0.29) is 0 Å². The Morgan fingerprint density at radius 3 is 2.89 bits per heavy atom. The molecule has 1 saturated carbocycles. The molecule has 2 N–H and O–H groups in total. The zero-order valence-corrected chi connectivity index (χ0v) is 12.2. The first-order chi connectivity index (χ1) is 8.79. The third-order valence-electron chi connectivity index (χ3n) is 3.44. The van der Waals surface area contributed by atoms with Crippen molar-refractivity contribution in [2.75, 3.05) is 6.54 Å². The maximum absolute atomic E-state index is 4.42. The van der Waals surface area contributed by atoms with Crippen LogP contribution in [0.2, 0.25) is 0 Å². The van der Waals surface area contributed by atoms with Crippen molar-refractivity contribution >= 4 is 11.8 Å². The number of nitrogens with one attached hydrogen (secondary N) is 2. The molecule has 18 heavy (non-hydrogen) atoms. The fraction of sp³-hybridized carbons (Fsp3) is 0.846. The van der Waals surface area contributed by atoms with Crippen LogP contribution in [-0.2, 0) is 0 Å². The molecular formula is C13H24N4S. The molecule has 0 radical (unpaired) electrons. The number of nitrogens with zero attached hydrogens (tertiary/aromatic N) is 2. The highest BCUT2D eigenvalue weighted by Gasteiger charge is 2.25. The number of aryl methyl sites for hydroxylation is 1. The SMILES string of the molecule is CCCNC1CCCCCC1Sc1n[nH]c(C)n1. The van der Waals surface area contributed by atoms with Gasteiger partial charge in [-0.2, -0.15) is 0 Å². The molecule has 1 fully saturated rings. The van der Waals surface area contributed by atoms with Crippen molar-refractivity contribution in [3.05, 3.63) is 5.82 Å². The molecule has 1 heterocycles. The number of rotatable bonds is 5. The quantitative estimate of drug-likeness (QED) is 0.806. The van der Waals surface area contributed by atoms with Gasteiger partial charge in [-0.05, 0) is 32.7 Å². The third-order valence-corrected chi connectivity index (χ3v) is 4.70. The van der Waals surface area contributed by atoms with Gasteiger partial charge in [-0.15, -0.1) is 5.10 Å². The van der Waals surface area contributed by atoms with E-state index in [1.54, 1.807) is 0 Å². The van der Waals surface area contributed by atoms with E-state index < -0.39 is 0 Å². The molecular weight excluding hydrogens is 244 g/mol. The first-order valence-electron chi connectivity index (χ1n) is 7.08. The molecule has 0 aromatic carbocycles. The summed E-state index contributed by atoms with van der Waals surface area (Å²) in [6.07, 6.45) is 7.83. The summed E-state index contributed by atoms with van der Waals surface area (Å²) in [6, 6.07) is 0.622. The molecule has 2 atom stereocenters. The molecule has 0 aliphatic heterocycles. The smallest absolute Gasteiger partial charge is 0.208 e. The summed E-state index contributed by atoms with van der Waals surface area (Å²) in [5.41, 5.74) is 0. The molecule has 5 heteroatoms. The third kappa shape index (κ3) is 3.99. The minimum atomic E-state index is 0.620. The zero-order chi connectivity index (χ0) is 12.8. The highest BCUT2D eigenvalue weighted by atomic mass is 32.2. The summed E-state index contributed by atoms with van der Waals surface area (Å²) in [6.45, 7) is 5.30. The fourth-order valence-corrected chi connectivity index (χ4v) is 3.73. The van der Waals surface area contributed by atoms with Crippen molar-refractivity contribution in [3.8, 4) is 0 Å². The number of aromatic nitrogens is 3. The molecule has 0 amide bonds. The summed E-state index contributed by atoms with van der Waals surface area (Å²) >= 11 is 1.84. The van der Waals surface area contributed by atoms with Gasteiger partial charge < -0.3 is 5.32 Å². The maximum Gasteiger partial charge on any atom is 0.208 e. The van der Waals surface area contributed by atoms with Crippen molar-refractivity contribution in [3.63, 3.8) is 0 Å². The van der Waals surface area contributed by atoms with Gasteiger partial charge in [0.2, 0.25) is 5.16 Å². The van der Waals surface area contributed by atoms with Gasteiger partial charge in [-0.1, -0.05) is 37.9 Å². The van der Waals surface area contributed by atoms with Gasteiger partial charge in [0, 0.05) is 11.3 Å². The van der Waals surface area contributed by atoms with Gasteiger partial charge >= 0.3 is 0 Å². The molecule has 1 aliphatic rings. The Morgan fingerprint density at radius 2 is 2.17 bits per heavy atom. The minimum absolute atomic E-state index is 0.620. The zero-order valence-electron chi connectivity index (χ0n) is 11.4. The van der Waals surface area contributed by atoms with E-state index in [1.807, 2.05) is 18.7 Å². The van der Waals surface area contributed by atoms with Crippen LogP contribution in [0.5, 0.6) is 0 Å². The average molecular weight is 268 g/mol. The van der Waals surface area contributed by atoms with Crippen LogP contribution < -0.4 is 5.32 Å². The summed E-state index contributed by atoms with van der Waals surface area (Å²) in [4.78, 5) is 4.42. The van der Waals surface area contributed by atoms with Gasteiger partial charge in [0.1, 0.15) is 5.82 Å². The van der Waals surface area contributed by atoms with Crippen LogP contribution in [0.1, 0.15) is 51.3 Å². The maximum atomic E-state index is 4.42. The first-order valence-corrected chi connectivity index (χ1v) is 7.96. The Bertz CT molecular complexity index is 353. The molecule has 2 unspecified atom stereocenters. The Morgan fingerprint density at radius 1 is 1.33 bits per heavy atom. The summed E-state index contributed by atoms with van der Waals surface area (Å²) < 4.78 is 0. The van der Waals surface area contributed by atoms with Crippen LogP contribution in [-0.4, -0.2) is 33.0 Å². The average Bonchev–Trinajstić information content (AvgIpc) is 2.64. The van der Waals surface area contributed by atoms with Gasteiger partial charge in [-0.25, -0.2) is 4.98 Å². The summed E-state index contributed by atoms with van der Waals surface area (Å²) in [5.74, 6) is 0.907. The van der Waals surface area contributed by atoms with Gasteiger partial charge in [0.15, 0.2) is 0 Å². The predicted molar refractivity (Wildman–Crippen MR) is 75.9 cm³/mol. The Labute approximate surface area is 114 Å². The number of H-pyrrole nitrogens is 1. The van der Waals surface area contributed by atoms with Crippen LogP contribution in [0, 0.1) is 6.92 Å². The van der Waals surface area contributed by atoms with E-state index in [2.05, 4.69) is 27.4 Å². The second kappa shape index (κ2) is 7.14. The van der Waals surface area contributed by atoms with Crippen LogP contribution in [0.3, 0.4) is 0 Å². The van der Waals surface area contributed by atoms with Gasteiger partial charge in [0.25, 0.3) is 0 Å². The standard InChI is InChI=1S/C13H24N4S/c1-3-9-14-11-7-5-4-6-8-12(11)18-13-15-10(2)16-17-13/h11-12,14H,3-9H2,1-2H3,(H,15,16,17). The van der Waals surface area contributed by atoms with Crippen molar-refractivity contribution < 1.29 is 0 Å². The molecule has 1 aliphatic carbocycles. The first kappa shape index (κ1) is 13.9. The normalized spacial score (nSPS) is 25.0. The lowest BCUT2D eigenvalue weighted by atomic mass is 10.1. The number of hydrogen-bond acceptors (Lipinski definition) is 4. The topological polar surface area (TPSA) is 53.6 Å². The van der Waals surface area contributed by atoms with Crippen LogP contribution >= 0.6 is 11.8 Å². The number of aromatic amines is 1. The Balaban J connectivity index is 1.96. The van der Waals surface area contributed by atoms with Crippen molar-refractivity contribution in [1.29, 1.82) is 0 Å². The second-order valence-electron chi connectivity index (χ2n) is 5.06. The molecule has 102 valence electrons. The van der Waals surface area contributed by atoms with Gasteiger partial charge in [0.05, 0.1) is 0 Å². The van der Waals surface area contributed by atoms with Crippen LogP contribution in [0.15, 0.2) is 5.16 Å². The van der Waals surface area contributed by atoms with E-state index in [0.29, 0.717) is 11.3 Å². The van der Waals surface area contributed by atoms with Crippen molar-refractivity contribution in [2.24, 2.45) is 0 Å². The molecule has 0 saturated heterocycles. The Kier molecular flexibility index (Phi) is 5.50. The van der Waals surface area contributed by atoms with Crippen molar-refractivity contribution in [1.82, 2.24) is 20.5 Å². The lowest BCUT2D eigenvalue weighted by Gasteiger charge is -2.24. The second-order valence-corrected chi connectivity index (χ2v) is 6.26. The molecule has 2 rings (SSSR count). The van der Waals surface area contributed by atoms with E-state index in [1.165, 1.54) is 38.5 Å². The molecule has 0 bridgehead atoms. The van der Waals surface area contributed by atoms with Crippen molar-refractivity contribution in [2.45, 2.75) is 68.8 Å².